The highest BCUT2D eigenvalue weighted by Gasteiger charge is 2.39. The number of ketones is 2. The summed E-state index contributed by atoms with van der Waals surface area (Å²) in [6.07, 6.45) is 1.94. The number of sulfone groups is 1. The molecule has 1 fully saturated rings. The third-order valence-electron chi connectivity index (χ3n) is 4.32. The predicted octanol–water partition coefficient (Wildman–Crippen LogP) is 2.83. The van der Waals surface area contributed by atoms with Crippen LogP contribution in [0.4, 0.5) is 0 Å². The lowest BCUT2D eigenvalue weighted by atomic mass is 9.82. The van der Waals surface area contributed by atoms with Gasteiger partial charge in [-0.2, -0.15) is 0 Å². The number of Topliss-reactive ketones (excluding diaryl/α,β-unsaturated/α-hetero) is 2. The number of benzene rings is 1. The summed E-state index contributed by atoms with van der Waals surface area (Å²) in [7, 11) is -3.31. The topological polar surface area (TPSA) is 68.3 Å². The van der Waals surface area contributed by atoms with E-state index in [1.54, 1.807) is 0 Å². The van der Waals surface area contributed by atoms with Crippen LogP contribution in [-0.2, 0) is 21.1 Å². The van der Waals surface area contributed by atoms with Gasteiger partial charge >= 0.3 is 0 Å². The van der Waals surface area contributed by atoms with Crippen LogP contribution in [-0.4, -0.2) is 31.1 Å². The number of halogens is 2. The zero-order chi connectivity index (χ0) is 16.1. The molecule has 1 aromatic carbocycles. The molecule has 2 unspecified atom stereocenters. The maximum absolute atomic E-state index is 12.7. The maximum Gasteiger partial charge on any atom is 0.179 e. The van der Waals surface area contributed by atoms with Crippen molar-refractivity contribution in [3.8, 4) is 0 Å². The molecule has 0 saturated heterocycles. The Labute approximate surface area is 138 Å². The summed E-state index contributed by atoms with van der Waals surface area (Å²) >= 11 is 12.4. The van der Waals surface area contributed by atoms with Gasteiger partial charge in [0.05, 0.1) is 27.0 Å². The molecule has 118 valence electrons. The van der Waals surface area contributed by atoms with Gasteiger partial charge in [-0.25, -0.2) is 8.42 Å². The molecule has 1 heterocycles. The number of rotatable bonds is 2. The molecule has 4 nitrogen and oxygen atoms in total. The van der Waals surface area contributed by atoms with Crippen LogP contribution >= 0.6 is 23.2 Å². The van der Waals surface area contributed by atoms with Gasteiger partial charge in [-0.3, -0.25) is 9.59 Å². The van der Waals surface area contributed by atoms with E-state index in [1.165, 1.54) is 12.1 Å². The highest BCUT2D eigenvalue weighted by molar-refractivity contribution is 7.91. The third-order valence-corrected chi connectivity index (χ3v) is 7.01. The van der Waals surface area contributed by atoms with Crippen molar-refractivity contribution in [2.75, 3.05) is 5.75 Å². The van der Waals surface area contributed by atoms with Crippen molar-refractivity contribution in [1.29, 1.82) is 0 Å². The average Bonchev–Trinajstić information content (AvgIpc) is 2.75. The summed E-state index contributed by atoms with van der Waals surface area (Å²) in [4.78, 5) is 24.9. The Morgan fingerprint density at radius 1 is 1.23 bits per heavy atom. The number of hydrogen-bond acceptors (Lipinski definition) is 4. The first-order valence-corrected chi connectivity index (χ1v) is 9.54. The summed E-state index contributed by atoms with van der Waals surface area (Å²) in [5, 5.41) is -0.382. The van der Waals surface area contributed by atoms with E-state index >= 15 is 0 Å². The van der Waals surface area contributed by atoms with E-state index in [4.69, 9.17) is 23.2 Å². The molecule has 0 amide bonds. The molecule has 1 saturated carbocycles. The third kappa shape index (κ3) is 2.49. The van der Waals surface area contributed by atoms with Gasteiger partial charge in [-0.1, -0.05) is 11.6 Å². The van der Waals surface area contributed by atoms with Crippen LogP contribution in [0.15, 0.2) is 17.0 Å². The molecule has 0 aromatic heterocycles. The zero-order valence-electron chi connectivity index (χ0n) is 11.6. The van der Waals surface area contributed by atoms with Gasteiger partial charge in [0.2, 0.25) is 0 Å². The van der Waals surface area contributed by atoms with E-state index in [9.17, 15) is 18.0 Å². The Kier molecular flexibility index (Phi) is 4.08. The highest BCUT2D eigenvalue weighted by Crippen LogP contribution is 2.37. The smallest absolute Gasteiger partial charge is 0.179 e. The quantitative estimate of drug-likeness (QED) is 0.462. The lowest BCUT2D eigenvalue weighted by molar-refractivity contribution is -0.122. The molecule has 1 aliphatic heterocycles. The Hall–Kier alpha value is -0.910. The van der Waals surface area contributed by atoms with Gasteiger partial charge in [-0.05, 0) is 37.0 Å². The first kappa shape index (κ1) is 16.0. The van der Waals surface area contributed by atoms with Gasteiger partial charge in [0, 0.05) is 12.0 Å². The fraction of sp³-hybridized carbons (Fsp3) is 0.467. The first-order valence-electron chi connectivity index (χ1n) is 7.08. The second kappa shape index (κ2) is 5.62. The minimum absolute atomic E-state index is 0.000186. The Balaban J connectivity index is 2.03. The van der Waals surface area contributed by atoms with E-state index in [0.29, 0.717) is 31.2 Å². The van der Waals surface area contributed by atoms with Crippen molar-refractivity contribution >= 4 is 44.6 Å². The van der Waals surface area contributed by atoms with Crippen molar-refractivity contribution in [2.24, 2.45) is 5.92 Å². The number of hydrogen-bond donors (Lipinski definition) is 0. The molecule has 0 spiro atoms. The number of fused-ring (bicyclic) bond motifs is 1. The van der Waals surface area contributed by atoms with Crippen molar-refractivity contribution in [3.05, 3.63) is 28.3 Å². The van der Waals surface area contributed by atoms with E-state index in [0.717, 1.165) is 0 Å². The second-order valence-corrected chi connectivity index (χ2v) is 8.71. The largest absolute Gasteiger partial charge is 0.299 e. The minimum atomic E-state index is -3.31. The molecule has 0 bridgehead atoms. The van der Waals surface area contributed by atoms with Crippen LogP contribution in [0, 0.1) is 5.92 Å². The SMILES string of the molecule is O=C1CCCC(Cl)C1C(=O)c1ccc2c(c1Cl)CCS2(=O)=O. The van der Waals surface area contributed by atoms with Crippen molar-refractivity contribution in [2.45, 2.75) is 36.0 Å². The minimum Gasteiger partial charge on any atom is -0.299 e. The summed E-state index contributed by atoms with van der Waals surface area (Å²) < 4.78 is 23.7. The van der Waals surface area contributed by atoms with Gasteiger partial charge in [0.25, 0.3) is 0 Å². The van der Waals surface area contributed by atoms with Crippen LogP contribution in [0.5, 0.6) is 0 Å². The Morgan fingerprint density at radius 2 is 1.95 bits per heavy atom. The molecular formula is C15H14Cl2O4S. The van der Waals surface area contributed by atoms with Gasteiger partial charge in [0.1, 0.15) is 5.78 Å². The lowest BCUT2D eigenvalue weighted by Gasteiger charge is -2.25. The highest BCUT2D eigenvalue weighted by atomic mass is 35.5. The fourth-order valence-electron chi connectivity index (χ4n) is 3.14. The van der Waals surface area contributed by atoms with Crippen LogP contribution in [0.1, 0.15) is 35.2 Å². The fourth-order valence-corrected chi connectivity index (χ4v) is 5.50. The number of alkyl halides is 1. The molecular weight excluding hydrogens is 347 g/mol. The maximum atomic E-state index is 12.7. The molecule has 0 radical (unpaired) electrons. The summed E-state index contributed by atoms with van der Waals surface area (Å²) in [5.74, 6) is -1.45. The predicted molar refractivity (Wildman–Crippen MR) is 83.5 cm³/mol. The Bertz CT molecular complexity index is 770. The van der Waals surface area contributed by atoms with Crippen LogP contribution in [0.3, 0.4) is 0 Å². The van der Waals surface area contributed by atoms with E-state index in [1.807, 2.05) is 0 Å². The molecule has 2 aliphatic rings. The Morgan fingerprint density at radius 3 is 2.64 bits per heavy atom. The average molecular weight is 361 g/mol. The second-order valence-electron chi connectivity index (χ2n) is 5.69. The van der Waals surface area contributed by atoms with Gasteiger partial charge < -0.3 is 0 Å². The standard InChI is InChI=1S/C15H14Cl2O4S/c16-10-2-1-3-11(18)13(10)15(19)9-4-5-12-8(14(9)17)6-7-22(12,20)21/h4-5,10,13H,1-3,6-7H2. The molecule has 0 N–H and O–H groups in total. The van der Waals surface area contributed by atoms with Gasteiger partial charge in [-0.15, -0.1) is 11.6 Å². The molecule has 22 heavy (non-hydrogen) atoms. The van der Waals surface area contributed by atoms with E-state index in [-0.39, 0.29) is 27.0 Å². The monoisotopic (exact) mass is 360 g/mol. The summed E-state index contributed by atoms with van der Waals surface area (Å²) in [6, 6.07) is 2.81. The van der Waals surface area contributed by atoms with Crippen LogP contribution < -0.4 is 0 Å². The molecule has 2 atom stereocenters. The van der Waals surface area contributed by atoms with E-state index in [2.05, 4.69) is 0 Å². The van der Waals surface area contributed by atoms with E-state index < -0.39 is 26.9 Å². The number of carbonyl (C=O) groups excluding carboxylic acids is 2. The summed E-state index contributed by atoms with van der Waals surface area (Å²) in [6.45, 7) is 0. The van der Waals surface area contributed by atoms with Gasteiger partial charge in [0.15, 0.2) is 15.6 Å². The van der Waals surface area contributed by atoms with Crippen LogP contribution in [0.25, 0.3) is 0 Å². The van der Waals surface area contributed by atoms with Crippen molar-refractivity contribution < 1.29 is 18.0 Å². The lowest BCUT2D eigenvalue weighted by Crippen LogP contribution is -2.36. The van der Waals surface area contributed by atoms with Crippen LogP contribution in [0.2, 0.25) is 5.02 Å². The normalized spacial score (nSPS) is 26.7. The van der Waals surface area contributed by atoms with Crippen molar-refractivity contribution in [3.63, 3.8) is 0 Å². The molecule has 1 aromatic rings. The molecule has 7 heteroatoms. The summed E-state index contributed by atoms with van der Waals surface area (Å²) in [5.41, 5.74) is 0.672. The molecule has 1 aliphatic carbocycles. The first-order chi connectivity index (χ1) is 10.3. The zero-order valence-corrected chi connectivity index (χ0v) is 14.0. The number of carbonyl (C=O) groups is 2. The van der Waals surface area contributed by atoms with Crippen molar-refractivity contribution in [1.82, 2.24) is 0 Å². The molecule has 3 rings (SSSR count).